The third-order valence-corrected chi connectivity index (χ3v) is 2.27. The summed E-state index contributed by atoms with van der Waals surface area (Å²) in [5, 5.41) is 6.00. The van der Waals surface area contributed by atoms with Crippen molar-refractivity contribution in [1.29, 1.82) is 0 Å². The Morgan fingerprint density at radius 3 is 2.47 bits per heavy atom. The van der Waals surface area contributed by atoms with Crippen molar-refractivity contribution in [1.82, 2.24) is 10.6 Å². The van der Waals surface area contributed by atoms with Gasteiger partial charge in [0.1, 0.15) is 5.60 Å². The van der Waals surface area contributed by atoms with Gasteiger partial charge in [0, 0.05) is 32.8 Å². The lowest BCUT2D eigenvalue weighted by Crippen LogP contribution is -2.32. The molecule has 0 aromatic rings. The molecule has 1 atom stereocenters. The number of hydrogen-bond acceptors (Lipinski definition) is 4. The smallest absolute Gasteiger partial charge is 0.407 e. The van der Waals surface area contributed by atoms with Crippen LogP contribution in [0, 0.1) is 0 Å². The highest BCUT2D eigenvalue weighted by Crippen LogP contribution is 2.05. The first-order valence-electron chi connectivity index (χ1n) is 6.69. The summed E-state index contributed by atoms with van der Waals surface area (Å²) in [6.45, 7) is 9.66. The minimum atomic E-state index is -0.452. The number of carbonyl (C=O) groups excluding carboxylic acids is 1. The van der Waals surface area contributed by atoms with Crippen LogP contribution in [0.15, 0.2) is 12.2 Å². The monoisotopic (exact) mass is 272 g/mol. The van der Waals surface area contributed by atoms with Crippen LogP contribution in [-0.2, 0) is 9.47 Å². The van der Waals surface area contributed by atoms with Gasteiger partial charge in [0.2, 0.25) is 0 Å². The summed E-state index contributed by atoms with van der Waals surface area (Å²) in [5.74, 6) is 0. The van der Waals surface area contributed by atoms with Crippen LogP contribution < -0.4 is 10.6 Å². The normalized spacial score (nSPS) is 13.5. The van der Waals surface area contributed by atoms with E-state index in [0.717, 1.165) is 19.6 Å². The molecule has 5 heteroatoms. The van der Waals surface area contributed by atoms with E-state index in [-0.39, 0.29) is 0 Å². The van der Waals surface area contributed by atoms with Gasteiger partial charge in [-0.2, -0.15) is 0 Å². The summed E-state index contributed by atoms with van der Waals surface area (Å²) in [5.41, 5.74) is -0.452. The number of methoxy groups -OCH3 is 1. The first-order valence-corrected chi connectivity index (χ1v) is 6.69. The Balaban J connectivity index is 3.56. The molecule has 0 aliphatic rings. The van der Waals surface area contributed by atoms with Gasteiger partial charge in [-0.1, -0.05) is 12.2 Å². The molecule has 0 aliphatic carbocycles. The third kappa shape index (κ3) is 13.2. The zero-order valence-electron chi connectivity index (χ0n) is 12.8. The maximum absolute atomic E-state index is 11.3. The summed E-state index contributed by atoms with van der Waals surface area (Å²) in [4.78, 5) is 11.3. The van der Waals surface area contributed by atoms with Gasteiger partial charge < -0.3 is 20.1 Å². The van der Waals surface area contributed by atoms with Gasteiger partial charge in [-0.3, -0.25) is 0 Å². The van der Waals surface area contributed by atoms with E-state index in [1.54, 1.807) is 7.11 Å². The highest BCUT2D eigenvalue weighted by atomic mass is 16.6. The van der Waals surface area contributed by atoms with Crippen molar-refractivity contribution in [3.8, 4) is 0 Å². The number of carbonyl (C=O) groups is 1. The van der Waals surface area contributed by atoms with Gasteiger partial charge in [-0.15, -0.1) is 0 Å². The number of rotatable bonds is 8. The zero-order chi connectivity index (χ0) is 14.7. The summed E-state index contributed by atoms with van der Waals surface area (Å²) in [6.07, 6.45) is 4.49. The Bertz CT molecular complexity index is 272. The molecule has 0 spiro atoms. The molecule has 0 aromatic heterocycles. The Morgan fingerprint density at radius 2 is 1.89 bits per heavy atom. The standard InChI is InChI=1S/C14H28N2O3/c1-12(8-11-18-5)15-9-6-7-10-16-13(17)19-14(2,3)4/h6-7,12,15H,8-11H2,1-5H3,(H,16,17)/b7-6+. The molecule has 0 saturated carbocycles. The Kier molecular flexibility index (Phi) is 9.26. The van der Waals surface area contributed by atoms with Crippen LogP contribution >= 0.6 is 0 Å². The van der Waals surface area contributed by atoms with E-state index in [1.165, 1.54) is 0 Å². The second kappa shape index (κ2) is 9.81. The lowest BCUT2D eigenvalue weighted by atomic mass is 10.2. The molecule has 1 amide bonds. The van der Waals surface area contributed by atoms with Gasteiger partial charge in [0.25, 0.3) is 0 Å². The predicted molar refractivity (Wildman–Crippen MR) is 77.3 cm³/mol. The fourth-order valence-corrected chi connectivity index (χ4v) is 1.29. The molecular weight excluding hydrogens is 244 g/mol. The minimum absolute atomic E-state index is 0.390. The average molecular weight is 272 g/mol. The van der Waals surface area contributed by atoms with E-state index in [9.17, 15) is 4.79 Å². The van der Waals surface area contributed by atoms with Gasteiger partial charge in [0.05, 0.1) is 0 Å². The molecule has 0 aliphatic heterocycles. The summed E-state index contributed by atoms with van der Waals surface area (Å²) < 4.78 is 10.1. The van der Waals surface area contributed by atoms with E-state index in [2.05, 4.69) is 17.6 Å². The van der Waals surface area contributed by atoms with Gasteiger partial charge in [-0.05, 0) is 34.1 Å². The Labute approximate surface area is 116 Å². The van der Waals surface area contributed by atoms with Crippen molar-refractivity contribution >= 4 is 6.09 Å². The van der Waals surface area contributed by atoms with Gasteiger partial charge in [0.15, 0.2) is 0 Å². The Hall–Kier alpha value is -1.07. The number of ether oxygens (including phenoxy) is 2. The number of nitrogens with one attached hydrogen (secondary N) is 2. The lowest BCUT2D eigenvalue weighted by Gasteiger charge is -2.19. The van der Waals surface area contributed by atoms with Crippen LogP contribution in [0.5, 0.6) is 0 Å². The summed E-state index contributed by atoms with van der Waals surface area (Å²) >= 11 is 0. The molecule has 0 saturated heterocycles. The van der Waals surface area contributed by atoms with E-state index >= 15 is 0 Å². The summed E-state index contributed by atoms with van der Waals surface area (Å²) in [7, 11) is 1.70. The summed E-state index contributed by atoms with van der Waals surface area (Å²) in [6, 6.07) is 0.420. The molecule has 0 aromatic carbocycles. The molecule has 1 unspecified atom stereocenters. The lowest BCUT2D eigenvalue weighted by molar-refractivity contribution is 0.0534. The van der Waals surface area contributed by atoms with Gasteiger partial charge >= 0.3 is 6.09 Å². The zero-order valence-corrected chi connectivity index (χ0v) is 12.8. The third-order valence-electron chi connectivity index (χ3n) is 2.27. The SMILES string of the molecule is COCCC(C)NC/C=C/CNC(=O)OC(C)(C)C. The highest BCUT2D eigenvalue weighted by molar-refractivity contribution is 5.67. The fourth-order valence-electron chi connectivity index (χ4n) is 1.29. The van der Waals surface area contributed by atoms with Crippen molar-refractivity contribution in [3.05, 3.63) is 12.2 Å². The Morgan fingerprint density at radius 1 is 1.26 bits per heavy atom. The maximum atomic E-state index is 11.3. The van der Waals surface area contributed by atoms with Crippen LogP contribution in [0.3, 0.4) is 0 Å². The average Bonchev–Trinajstić information content (AvgIpc) is 2.28. The van der Waals surface area contributed by atoms with Crippen molar-refractivity contribution < 1.29 is 14.3 Å². The molecular formula is C14H28N2O3. The quantitative estimate of drug-likeness (QED) is 0.664. The van der Waals surface area contributed by atoms with Crippen LogP contribution in [0.4, 0.5) is 4.79 Å². The van der Waals surface area contributed by atoms with E-state index in [1.807, 2.05) is 32.9 Å². The second-order valence-electron chi connectivity index (χ2n) is 5.44. The van der Waals surface area contributed by atoms with Crippen molar-refractivity contribution in [3.63, 3.8) is 0 Å². The maximum Gasteiger partial charge on any atom is 0.407 e. The van der Waals surface area contributed by atoms with Crippen LogP contribution in [0.25, 0.3) is 0 Å². The first kappa shape index (κ1) is 17.9. The van der Waals surface area contributed by atoms with Crippen molar-refractivity contribution in [2.45, 2.75) is 45.8 Å². The van der Waals surface area contributed by atoms with Crippen LogP contribution in [-0.4, -0.2) is 44.5 Å². The first-order chi connectivity index (χ1) is 8.85. The number of amides is 1. The van der Waals surface area contributed by atoms with Crippen LogP contribution in [0.2, 0.25) is 0 Å². The number of hydrogen-bond donors (Lipinski definition) is 2. The van der Waals surface area contributed by atoms with E-state index in [0.29, 0.717) is 12.6 Å². The minimum Gasteiger partial charge on any atom is -0.444 e. The molecule has 0 radical (unpaired) electrons. The van der Waals surface area contributed by atoms with Crippen molar-refractivity contribution in [2.75, 3.05) is 26.8 Å². The topological polar surface area (TPSA) is 59.6 Å². The molecule has 0 rings (SSSR count). The molecule has 0 bridgehead atoms. The molecule has 0 heterocycles. The number of alkyl carbamates (subject to hydrolysis) is 1. The molecule has 2 N–H and O–H groups in total. The largest absolute Gasteiger partial charge is 0.444 e. The molecule has 0 fully saturated rings. The fraction of sp³-hybridized carbons (Fsp3) is 0.786. The van der Waals surface area contributed by atoms with E-state index in [4.69, 9.17) is 9.47 Å². The van der Waals surface area contributed by atoms with Gasteiger partial charge in [-0.25, -0.2) is 4.79 Å². The van der Waals surface area contributed by atoms with Crippen LogP contribution in [0.1, 0.15) is 34.1 Å². The molecule has 112 valence electrons. The molecule has 19 heavy (non-hydrogen) atoms. The second-order valence-corrected chi connectivity index (χ2v) is 5.44. The highest BCUT2D eigenvalue weighted by Gasteiger charge is 2.14. The van der Waals surface area contributed by atoms with E-state index < -0.39 is 11.7 Å². The predicted octanol–water partition coefficient (Wildman–Crippen LogP) is 2.08. The molecule has 5 nitrogen and oxygen atoms in total. The van der Waals surface area contributed by atoms with Crippen molar-refractivity contribution in [2.24, 2.45) is 0 Å².